The Labute approximate surface area is 171 Å². The van der Waals surface area contributed by atoms with Gasteiger partial charge in [-0.1, -0.05) is 29.8 Å². The summed E-state index contributed by atoms with van der Waals surface area (Å²) in [5.41, 5.74) is 1.14. The van der Waals surface area contributed by atoms with Gasteiger partial charge in [-0.3, -0.25) is 0 Å². The molecule has 28 heavy (non-hydrogen) atoms. The van der Waals surface area contributed by atoms with E-state index >= 15 is 0 Å². The van der Waals surface area contributed by atoms with E-state index in [1.807, 2.05) is 12.1 Å². The van der Waals surface area contributed by atoms with Crippen LogP contribution in [0.1, 0.15) is 28.5 Å². The summed E-state index contributed by atoms with van der Waals surface area (Å²) >= 11 is 8.04. The number of hydrogen-bond acceptors (Lipinski definition) is 6. The van der Waals surface area contributed by atoms with Gasteiger partial charge in [0.15, 0.2) is 0 Å². The Morgan fingerprint density at radius 1 is 1.14 bits per heavy atom. The number of phenolic OH excluding ortho intramolecular Hbond substituents is 1. The number of ether oxygens (including phenoxy) is 1. The Morgan fingerprint density at radius 2 is 1.93 bits per heavy atom. The number of halogens is 1. The lowest BCUT2D eigenvalue weighted by molar-refractivity contribution is -0.180. The summed E-state index contributed by atoms with van der Waals surface area (Å²) in [5, 5.41) is 41.8. The molecule has 2 aromatic carbocycles. The molecule has 3 aromatic rings. The molecule has 4 N–H and O–H groups in total. The van der Waals surface area contributed by atoms with Crippen molar-refractivity contribution in [3.05, 3.63) is 63.5 Å². The Hall–Kier alpha value is -1.67. The molecule has 0 bridgehead atoms. The van der Waals surface area contributed by atoms with Crippen LogP contribution in [0.2, 0.25) is 5.02 Å². The third-order valence-electron chi connectivity index (χ3n) is 5.09. The molecule has 0 saturated carbocycles. The summed E-state index contributed by atoms with van der Waals surface area (Å²) in [7, 11) is 0. The smallest absolute Gasteiger partial charge is 0.122 e. The SMILES string of the molecule is OCC1CC(O)C(O)C(c2cc(Cc3cc4ccccc4s3)c(Cl)cc2O)O1. The van der Waals surface area contributed by atoms with Crippen LogP contribution >= 0.6 is 22.9 Å². The molecule has 1 fully saturated rings. The standard InChI is InChI=1S/C21H21ClO5S/c22-16-9-17(24)15(21-20(26)18(25)8-13(10-23)27-21)7-12(16)6-14-5-11-3-1-2-4-19(11)28-14/h1-5,7,9,13,18,20-21,23-26H,6,8,10H2. The normalized spacial score (nSPS) is 25.3. The van der Waals surface area contributed by atoms with Gasteiger partial charge in [0.25, 0.3) is 0 Å². The predicted octanol–water partition coefficient (Wildman–Crippen LogP) is 3.40. The van der Waals surface area contributed by atoms with E-state index in [0.29, 0.717) is 17.0 Å². The zero-order valence-electron chi connectivity index (χ0n) is 15.0. The van der Waals surface area contributed by atoms with E-state index in [1.54, 1.807) is 17.4 Å². The van der Waals surface area contributed by atoms with Crippen molar-refractivity contribution < 1.29 is 25.2 Å². The van der Waals surface area contributed by atoms with Gasteiger partial charge in [-0.05, 0) is 35.2 Å². The van der Waals surface area contributed by atoms with Gasteiger partial charge in [-0.2, -0.15) is 0 Å². The third kappa shape index (κ3) is 3.76. The second kappa shape index (κ2) is 7.99. The maximum Gasteiger partial charge on any atom is 0.122 e. The van der Waals surface area contributed by atoms with E-state index in [0.717, 1.165) is 15.8 Å². The average molecular weight is 421 g/mol. The highest BCUT2D eigenvalue weighted by Gasteiger charge is 2.38. The summed E-state index contributed by atoms with van der Waals surface area (Å²) < 4.78 is 6.91. The molecule has 1 saturated heterocycles. The number of hydrogen-bond donors (Lipinski definition) is 4. The van der Waals surface area contributed by atoms with Crippen LogP contribution in [0.15, 0.2) is 42.5 Å². The molecule has 5 nitrogen and oxygen atoms in total. The van der Waals surface area contributed by atoms with Crippen LogP contribution in [0.5, 0.6) is 5.75 Å². The first-order valence-electron chi connectivity index (χ1n) is 9.07. The van der Waals surface area contributed by atoms with Gasteiger partial charge < -0.3 is 25.2 Å². The van der Waals surface area contributed by atoms with Crippen molar-refractivity contribution in [2.75, 3.05) is 6.61 Å². The van der Waals surface area contributed by atoms with E-state index in [1.165, 1.54) is 10.8 Å². The van der Waals surface area contributed by atoms with Crippen LogP contribution in [0.3, 0.4) is 0 Å². The van der Waals surface area contributed by atoms with E-state index in [-0.39, 0.29) is 18.8 Å². The van der Waals surface area contributed by atoms with Gasteiger partial charge in [-0.15, -0.1) is 11.3 Å². The lowest BCUT2D eigenvalue weighted by Gasteiger charge is -2.37. The van der Waals surface area contributed by atoms with Gasteiger partial charge in [0.05, 0.1) is 18.8 Å². The lowest BCUT2D eigenvalue weighted by Crippen LogP contribution is -2.44. The first-order valence-corrected chi connectivity index (χ1v) is 10.3. The molecule has 4 rings (SSSR count). The van der Waals surface area contributed by atoms with Crippen molar-refractivity contribution in [1.82, 2.24) is 0 Å². The Bertz CT molecular complexity index is 955. The number of thiophene rings is 1. The average Bonchev–Trinajstić information content (AvgIpc) is 3.08. The molecule has 0 aliphatic carbocycles. The monoisotopic (exact) mass is 420 g/mol. The van der Waals surface area contributed by atoms with Crippen molar-refractivity contribution in [3.8, 4) is 5.75 Å². The quantitative estimate of drug-likeness (QED) is 0.519. The first kappa shape index (κ1) is 19.6. The second-order valence-electron chi connectivity index (χ2n) is 7.08. The molecule has 148 valence electrons. The molecule has 0 amide bonds. The number of benzene rings is 2. The predicted molar refractivity (Wildman–Crippen MR) is 109 cm³/mol. The topological polar surface area (TPSA) is 90.2 Å². The van der Waals surface area contributed by atoms with Gasteiger partial charge in [-0.25, -0.2) is 0 Å². The molecule has 1 aromatic heterocycles. The molecular formula is C21H21ClO5S. The number of aliphatic hydroxyl groups is 3. The summed E-state index contributed by atoms with van der Waals surface area (Å²) in [6.45, 7) is -0.275. The van der Waals surface area contributed by atoms with Crippen molar-refractivity contribution in [1.29, 1.82) is 0 Å². The maximum absolute atomic E-state index is 10.4. The molecule has 0 radical (unpaired) electrons. The van der Waals surface area contributed by atoms with Crippen molar-refractivity contribution in [2.24, 2.45) is 0 Å². The highest BCUT2D eigenvalue weighted by molar-refractivity contribution is 7.19. The van der Waals surface area contributed by atoms with Crippen LogP contribution in [0.4, 0.5) is 0 Å². The minimum Gasteiger partial charge on any atom is -0.508 e. The summed E-state index contributed by atoms with van der Waals surface area (Å²) in [5.74, 6) is -0.111. The van der Waals surface area contributed by atoms with Gasteiger partial charge in [0, 0.05) is 33.0 Å². The molecule has 4 unspecified atom stereocenters. The van der Waals surface area contributed by atoms with Crippen LogP contribution in [-0.2, 0) is 11.2 Å². The number of phenols is 1. The van der Waals surface area contributed by atoms with Crippen LogP contribution < -0.4 is 0 Å². The summed E-state index contributed by atoms with van der Waals surface area (Å²) in [6.07, 6.45) is -3.09. The van der Waals surface area contributed by atoms with Crippen molar-refractivity contribution in [3.63, 3.8) is 0 Å². The number of rotatable bonds is 4. The zero-order valence-corrected chi connectivity index (χ0v) is 16.5. The summed E-state index contributed by atoms with van der Waals surface area (Å²) in [6, 6.07) is 13.4. The molecule has 0 spiro atoms. The number of fused-ring (bicyclic) bond motifs is 1. The lowest BCUT2D eigenvalue weighted by atomic mass is 9.91. The highest BCUT2D eigenvalue weighted by atomic mass is 35.5. The largest absolute Gasteiger partial charge is 0.508 e. The Balaban J connectivity index is 1.67. The third-order valence-corrected chi connectivity index (χ3v) is 6.56. The van der Waals surface area contributed by atoms with Gasteiger partial charge in [0.2, 0.25) is 0 Å². The zero-order chi connectivity index (χ0) is 19.8. The number of aliphatic hydroxyl groups excluding tert-OH is 3. The van der Waals surface area contributed by atoms with E-state index in [9.17, 15) is 20.4 Å². The highest BCUT2D eigenvalue weighted by Crippen LogP contribution is 2.39. The van der Waals surface area contributed by atoms with Crippen LogP contribution in [-0.4, -0.2) is 45.3 Å². The maximum atomic E-state index is 10.4. The molecule has 1 aliphatic heterocycles. The fourth-order valence-corrected chi connectivity index (χ4v) is 4.94. The van der Waals surface area contributed by atoms with Crippen molar-refractivity contribution in [2.45, 2.75) is 37.3 Å². The van der Waals surface area contributed by atoms with E-state index in [2.05, 4.69) is 18.2 Å². The Morgan fingerprint density at radius 3 is 2.68 bits per heavy atom. The summed E-state index contributed by atoms with van der Waals surface area (Å²) in [4.78, 5) is 1.12. The van der Waals surface area contributed by atoms with Crippen LogP contribution in [0.25, 0.3) is 10.1 Å². The molecule has 2 heterocycles. The minimum absolute atomic E-state index is 0.111. The van der Waals surface area contributed by atoms with E-state index in [4.69, 9.17) is 16.3 Å². The molecule has 4 atom stereocenters. The van der Waals surface area contributed by atoms with Crippen molar-refractivity contribution >= 4 is 33.0 Å². The second-order valence-corrected chi connectivity index (χ2v) is 8.66. The van der Waals surface area contributed by atoms with Gasteiger partial charge >= 0.3 is 0 Å². The van der Waals surface area contributed by atoms with E-state index < -0.39 is 24.4 Å². The first-order chi connectivity index (χ1) is 13.5. The number of aromatic hydroxyl groups is 1. The molecule has 7 heteroatoms. The minimum atomic E-state index is -1.20. The van der Waals surface area contributed by atoms with Crippen LogP contribution in [0, 0.1) is 0 Å². The van der Waals surface area contributed by atoms with Gasteiger partial charge in [0.1, 0.15) is 18.0 Å². The molecular weight excluding hydrogens is 400 g/mol. The fraction of sp³-hybridized carbons (Fsp3) is 0.333. The Kier molecular flexibility index (Phi) is 5.60. The fourth-order valence-electron chi connectivity index (χ4n) is 3.63. The molecule has 1 aliphatic rings.